The number of carbonyl (C=O) groups is 7. The first-order valence-corrected chi connectivity index (χ1v) is 20.4. The highest BCUT2D eigenvalue weighted by Gasteiger charge is 2.18. The summed E-state index contributed by atoms with van der Waals surface area (Å²) in [4.78, 5) is 81.8. The Morgan fingerprint density at radius 1 is 0.464 bits per heavy atom. The Balaban J connectivity index is 3.66. The van der Waals surface area contributed by atoms with Crippen molar-refractivity contribution in [3.63, 3.8) is 0 Å². The molecule has 0 aromatic rings. The van der Waals surface area contributed by atoms with Gasteiger partial charge in [0, 0.05) is 51.9 Å². The number of ketones is 1. The van der Waals surface area contributed by atoms with Crippen molar-refractivity contribution < 1.29 is 57.6 Å². The minimum Gasteiger partial charge on any atom is -0.481 e. The predicted octanol–water partition coefficient (Wildman–Crippen LogP) is 2.33. The Morgan fingerprint density at radius 2 is 0.875 bits per heavy atom. The SMILES string of the molecule is CCC(=O)NCCNC(=O)COCCOCCNC(=O)COCCOCCNC(=O)CC[C@H](NC(=O)CCCCCCCCCCCCCCC(=O)O)C(C)=O. The molecule has 17 heteroatoms. The van der Waals surface area contributed by atoms with E-state index >= 15 is 0 Å². The highest BCUT2D eigenvalue weighted by molar-refractivity contribution is 5.88. The highest BCUT2D eigenvalue weighted by atomic mass is 16.5. The molecule has 0 heterocycles. The second kappa shape index (κ2) is 38.2. The molecule has 0 aromatic carbocycles. The van der Waals surface area contributed by atoms with Crippen LogP contribution < -0.4 is 26.6 Å². The number of ether oxygens (including phenoxy) is 4. The fourth-order valence-electron chi connectivity index (χ4n) is 5.26. The third kappa shape index (κ3) is 37.3. The van der Waals surface area contributed by atoms with E-state index in [1.54, 1.807) is 6.92 Å². The van der Waals surface area contributed by atoms with E-state index in [4.69, 9.17) is 24.1 Å². The number of carbonyl (C=O) groups excluding carboxylic acids is 6. The van der Waals surface area contributed by atoms with Gasteiger partial charge in [0.05, 0.1) is 45.7 Å². The van der Waals surface area contributed by atoms with E-state index in [1.165, 1.54) is 32.6 Å². The fraction of sp³-hybridized carbons (Fsp3) is 0.821. The zero-order chi connectivity index (χ0) is 41.5. The molecule has 324 valence electrons. The second-order valence-corrected chi connectivity index (χ2v) is 13.5. The molecule has 0 fully saturated rings. The van der Waals surface area contributed by atoms with Crippen molar-refractivity contribution in [3.05, 3.63) is 0 Å². The van der Waals surface area contributed by atoms with Gasteiger partial charge < -0.3 is 50.6 Å². The second-order valence-electron chi connectivity index (χ2n) is 13.5. The molecule has 0 aliphatic carbocycles. The molecule has 0 aromatic heterocycles. The first kappa shape index (κ1) is 52.3. The Hall–Kier alpha value is -3.67. The van der Waals surface area contributed by atoms with Crippen molar-refractivity contribution in [3.8, 4) is 0 Å². The molecule has 0 bridgehead atoms. The van der Waals surface area contributed by atoms with Gasteiger partial charge in [-0.05, 0) is 26.2 Å². The molecule has 17 nitrogen and oxygen atoms in total. The quantitative estimate of drug-likeness (QED) is 0.0490. The number of rotatable bonds is 40. The van der Waals surface area contributed by atoms with Crippen LogP contribution in [0.3, 0.4) is 0 Å². The molecular formula is C39H71N5O12. The summed E-state index contributed by atoms with van der Waals surface area (Å²) in [6.45, 7) is 5.54. The van der Waals surface area contributed by atoms with Crippen molar-refractivity contribution in [1.29, 1.82) is 0 Å². The lowest BCUT2D eigenvalue weighted by Gasteiger charge is -2.16. The van der Waals surface area contributed by atoms with Gasteiger partial charge in [-0.15, -0.1) is 0 Å². The lowest BCUT2D eigenvalue weighted by Crippen LogP contribution is -2.40. The molecular weight excluding hydrogens is 730 g/mol. The van der Waals surface area contributed by atoms with Gasteiger partial charge in [-0.2, -0.15) is 0 Å². The number of Topliss-reactive ketones (excluding diaryl/α,β-unsaturated/α-hetero) is 1. The summed E-state index contributed by atoms with van der Waals surface area (Å²) in [5, 5.41) is 22.1. The number of unbranched alkanes of at least 4 members (excludes halogenated alkanes) is 11. The van der Waals surface area contributed by atoms with Crippen LogP contribution in [-0.4, -0.2) is 131 Å². The van der Waals surface area contributed by atoms with Crippen LogP contribution in [0.4, 0.5) is 0 Å². The molecule has 5 amide bonds. The number of hydrogen-bond acceptors (Lipinski definition) is 11. The number of carboxylic acids is 1. The van der Waals surface area contributed by atoms with Gasteiger partial charge in [-0.1, -0.05) is 71.1 Å². The first-order valence-electron chi connectivity index (χ1n) is 20.4. The molecule has 56 heavy (non-hydrogen) atoms. The van der Waals surface area contributed by atoms with Gasteiger partial charge in [-0.3, -0.25) is 33.6 Å². The molecule has 0 rings (SSSR count). The molecule has 0 radical (unpaired) electrons. The molecule has 6 N–H and O–H groups in total. The predicted molar refractivity (Wildman–Crippen MR) is 210 cm³/mol. The third-order valence-electron chi connectivity index (χ3n) is 8.47. The molecule has 0 spiro atoms. The number of carboxylic acid groups (broad SMARTS) is 1. The normalized spacial score (nSPS) is 11.4. The summed E-state index contributed by atoms with van der Waals surface area (Å²) in [5.74, 6) is -2.01. The van der Waals surface area contributed by atoms with Crippen molar-refractivity contribution in [1.82, 2.24) is 26.6 Å². The van der Waals surface area contributed by atoms with E-state index in [0.29, 0.717) is 25.9 Å². The third-order valence-corrected chi connectivity index (χ3v) is 8.47. The zero-order valence-corrected chi connectivity index (χ0v) is 34.0. The largest absolute Gasteiger partial charge is 0.481 e. The topological polar surface area (TPSA) is 237 Å². The number of nitrogens with one attached hydrogen (secondary N) is 5. The smallest absolute Gasteiger partial charge is 0.303 e. The maximum Gasteiger partial charge on any atom is 0.303 e. The lowest BCUT2D eigenvalue weighted by molar-refractivity contribution is -0.137. The number of amides is 5. The maximum absolute atomic E-state index is 12.4. The highest BCUT2D eigenvalue weighted by Crippen LogP contribution is 2.13. The van der Waals surface area contributed by atoms with Crippen LogP contribution in [0.25, 0.3) is 0 Å². The van der Waals surface area contributed by atoms with E-state index < -0.39 is 12.0 Å². The minimum absolute atomic E-state index is 0.0776. The zero-order valence-electron chi connectivity index (χ0n) is 34.0. The van der Waals surface area contributed by atoms with Crippen molar-refractivity contribution >= 4 is 41.3 Å². The van der Waals surface area contributed by atoms with E-state index in [-0.39, 0.29) is 121 Å². The summed E-state index contributed by atoms with van der Waals surface area (Å²) in [5.41, 5.74) is 0. The van der Waals surface area contributed by atoms with Gasteiger partial charge in [0.1, 0.15) is 13.2 Å². The average molecular weight is 802 g/mol. The van der Waals surface area contributed by atoms with Crippen LogP contribution in [0.1, 0.15) is 123 Å². The van der Waals surface area contributed by atoms with Crippen LogP contribution in [0.2, 0.25) is 0 Å². The van der Waals surface area contributed by atoms with Crippen molar-refractivity contribution in [2.24, 2.45) is 0 Å². The Bertz CT molecular complexity index is 1090. The molecule has 0 unspecified atom stereocenters. The van der Waals surface area contributed by atoms with Crippen LogP contribution in [-0.2, 0) is 52.5 Å². The van der Waals surface area contributed by atoms with Crippen LogP contribution in [0.5, 0.6) is 0 Å². The van der Waals surface area contributed by atoms with Crippen LogP contribution in [0, 0.1) is 0 Å². The molecule has 0 saturated heterocycles. The number of hydrogen-bond donors (Lipinski definition) is 6. The molecule has 0 saturated carbocycles. The van der Waals surface area contributed by atoms with Crippen LogP contribution >= 0.6 is 0 Å². The summed E-state index contributed by atoms with van der Waals surface area (Å²) in [7, 11) is 0. The lowest BCUT2D eigenvalue weighted by atomic mass is 10.0. The summed E-state index contributed by atoms with van der Waals surface area (Å²) >= 11 is 0. The van der Waals surface area contributed by atoms with Gasteiger partial charge >= 0.3 is 5.97 Å². The Labute approximate surface area is 333 Å². The molecule has 0 aliphatic heterocycles. The molecule has 1 atom stereocenters. The summed E-state index contributed by atoms with van der Waals surface area (Å²) in [6, 6.07) is -0.700. The monoisotopic (exact) mass is 802 g/mol. The maximum atomic E-state index is 12.4. The standard InChI is InChI=1S/C39H71N5O12/c1-3-34(46)40-20-21-41-37(49)30-55-28-27-54-25-23-43-38(50)31-56-29-26-53-24-22-42-35(47)19-18-33(32(2)45)44-36(48)16-14-12-10-8-6-4-5-7-9-11-13-15-17-39(51)52/h33H,3-31H2,1-2H3,(H,40,46)(H,41,49)(H,42,47)(H,43,50)(H,44,48)(H,51,52)/t33-/m0/s1. The van der Waals surface area contributed by atoms with E-state index in [1.807, 2.05) is 0 Å². The van der Waals surface area contributed by atoms with Gasteiger partial charge in [0.25, 0.3) is 0 Å². The minimum atomic E-state index is -0.719. The van der Waals surface area contributed by atoms with Crippen molar-refractivity contribution in [2.45, 2.75) is 129 Å². The van der Waals surface area contributed by atoms with Gasteiger partial charge in [-0.25, -0.2) is 0 Å². The van der Waals surface area contributed by atoms with E-state index in [2.05, 4.69) is 26.6 Å². The van der Waals surface area contributed by atoms with Gasteiger partial charge in [0.15, 0.2) is 5.78 Å². The number of aliphatic carboxylic acids is 1. The van der Waals surface area contributed by atoms with E-state index in [9.17, 15) is 33.6 Å². The first-order chi connectivity index (χ1) is 27.0. The Morgan fingerprint density at radius 3 is 1.34 bits per heavy atom. The summed E-state index contributed by atoms with van der Waals surface area (Å²) in [6.07, 6.45) is 14.0. The average Bonchev–Trinajstić information content (AvgIpc) is 3.16. The summed E-state index contributed by atoms with van der Waals surface area (Å²) < 4.78 is 21.3. The van der Waals surface area contributed by atoms with Gasteiger partial charge in [0.2, 0.25) is 29.5 Å². The fourth-order valence-corrected chi connectivity index (χ4v) is 5.26. The Kier molecular flexibility index (Phi) is 35.7. The van der Waals surface area contributed by atoms with E-state index in [0.717, 1.165) is 51.4 Å². The molecule has 0 aliphatic rings. The van der Waals surface area contributed by atoms with Crippen LogP contribution in [0.15, 0.2) is 0 Å². The van der Waals surface area contributed by atoms with Crippen molar-refractivity contribution in [2.75, 3.05) is 79.0 Å².